The minimum Gasteiger partial charge on any atom is -0.497 e. The molecule has 0 amide bonds. The van der Waals surface area contributed by atoms with E-state index in [1.54, 1.807) is 19.2 Å². The maximum atomic E-state index is 12.7. The Balaban J connectivity index is 0.00000301. The normalized spacial score (nSPS) is 12.3. The molecule has 0 aliphatic rings. The average molecular weight is 370 g/mol. The van der Waals surface area contributed by atoms with Gasteiger partial charge in [0.25, 0.3) is 0 Å². The van der Waals surface area contributed by atoms with Gasteiger partial charge in [0.05, 0.1) is 17.9 Å². The fourth-order valence-electron chi connectivity index (χ4n) is 1.45. The van der Waals surface area contributed by atoms with Gasteiger partial charge in [-0.1, -0.05) is 13.8 Å². The molecule has 0 aliphatic carbocycles. The molecule has 0 aromatic carbocycles. The largest absolute Gasteiger partial charge is 0.497 e. The second-order valence-electron chi connectivity index (χ2n) is 4.77. The zero-order chi connectivity index (χ0) is 20.0. The summed E-state index contributed by atoms with van der Waals surface area (Å²) in [4.78, 5) is 11.6. The SMILES string of the molecule is CC.CNc1ncc(C(F)(F)F)cc1N=C/C=C/C=N/C=C/OC(C)C. The summed E-state index contributed by atoms with van der Waals surface area (Å²) in [6, 6.07) is 0.934. The molecular weight excluding hydrogens is 345 g/mol. The zero-order valence-electron chi connectivity index (χ0n) is 15.6. The summed E-state index contributed by atoms with van der Waals surface area (Å²) in [5, 5.41) is 2.69. The Morgan fingerprint density at radius 2 is 1.85 bits per heavy atom. The van der Waals surface area contributed by atoms with E-state index in [-0.39, 0.29) is 17.6 Å². The highest BCUT2D eigenvalue weighted by molar-refractivity contribution is 5.84. The number of alkyl halides is 3. The third kappa shape index (κ3) is 9.61. The van der Waals surface area contributed by atoms with Gasteiger partial charge in [-0.3, -0.25) is 9.98 Å². The lowest BCUT2D eigenvalue weighted by Crippen LogP contribution is -2.06. The fraction of sp³-hybridized carbons (Fsp3) is 0.389. The molecular formula is C18H25F3N4O. The Hall–Kier alpha value is -2.64. The second-order valence-corrected chi connectivity index (χ2v) is 4.77. The number of allylic oxidation sites excluding steroid dienone is 2. The molecule has 0 saturated carbocycles. The van der Waals surface area contributed by atoms with Crippen LogP contribution in [0.2, 0.25) is 0 Å². The number of pyridine rings is 1. The minimum atomic E-state index is -4.46. The van der Waals surface area contributed by atoms with Gasteiger partial charge in [0, 0.05) is 25.7 Å². The predicted octanol–water partition coefficient (Wildman–Crippen LogP) is 5.39. The van der Waals surface area contributed by atoms with Gasteiger partial charge >= 0.3 is 6.18 Å². The van der Waals surface area contributed by atoms with Crippen molar-refractivity contribution in [3.8, 4) is 0 Å². The number of aliphatic imine (C=N–C) groups is 2. The minimum absolute atomic E-state index is 0.0848. The van der Waals surface area contributed by atoms with Crippen molar-refractivity contribution in [2.24, 2.45) is 9.98 Å². The molecule has 0 unspecified atom stereocenters. The number of hydrogen-bond acceptors (Lipinski definition) is 5. The smallest absolute Gasteiger partial charge is 0.417 e. The van der Waals surface area contributed by atoms with Crippen LogP contribution >= 0.6 is 0 Å². The van der Waals surface area contributed by atoms with Crippen LogP contribution in [0.25, 0.3) is 0 Å². The van der Waals surface area contributed by atoms with Crippen LogP contribution in [-0.2, 0) is 10.9 Å². The molecule has 1 aromatic rings. The number of aromatic nitrogens is 1. The zero-order valence-corrected chi connectivity index (χ0v) is 15.6. The second kappa shape index (κ2) is 12.7. The number of ether oxygens (including phenoxy) is 1. The molecule has 0 fully saturated rings. The summed E-state index contributed by atoms with van der Waals surface area (Å²) in [6.07, 6.45) is 5.32. The third-order valence-corrected chi connectivity index (χ3v) is 2.51. The van der Waals surface area contributed by atoms with Gasteiger partial charge < -0.3 is 10.1 Å². The molecule has 5 nitrogen and oxygen atoms in total. The van der Waals surface area contributed by atoms with Gasteiger partial charge in [0.2, 0.25) is 0 Å². The summed E-state index contributed by atoms with van der Waals surface area (Å²) in [5.41, 5.74) is -0.756. The van der Waals surface area contributed by atoms with E-state index in [1.165, 1.54) is 24.9 Å². The van der Waals surface area contributed by atoms with Crippen LogP contribution in [-0.4, -0.2) is 30.6 Å². The first-order valence-corrected chi connectivity index (χ1v) is 8.12. The third-order valence-electron chi connectivity index (χ3n) is 2.51. The van der Waals surface area contributed by atoms with Crippen molar-refractivity contribution in [2.75, 3.05) is 12.4 Å². The Kier molecular flexibility index (Phi) is 11.4. The predicted molar refractivity (Wildman–Crippen MR) is 101 cm³/mol. The Morgan fingerprint density at radius 3 is 2.42 bits per heavy atom. The first-order chi connectivity index (χ1) is 12.3. The Labute approximate surface area is 152 Å². The van der Waals surface area contributed by atoms with Crippen LogP contribution in [0.3, 0.4) is 0 Å². The number of hydrogen-bond donors (Lipinski definition) is 1. The lowest BCUT2D eigenvalue weighted by molar-refractivity contribution is -0.137. The van der Waals surface area contributed by atoms with Crippen LogP contribution in [0, 0.1) is 0 Å². The van der Waals surface area contributed by atoms with Crippen molar-refractivity contribution >= 4 is 23.9 Å². The number of nitrogens with zero attached hydrogens (tertiary/aromatic N) is 3. The van der Waals surface area contributed by atoms with E-state index < -0.39 is 11.7 Å². The molecule has 0 radical (unpaired) electrons. The molecule has 0 saturated heterocycles. The van der Waals surface area contributed by atoms with E-state index in [2.05, 4.69) is 20.3 Å². The summed E-state index contributed by atoms with van der Waals surface area (Å²) >= 11 is 0. The van der Waals surface area contributed by atoms with Crippen molar-refractivity contribution in [3.63, 3.8) is 0 Å². The molecule has 0 spiro atoms. The monoisotopic (exact) mass is 370 g/mol. The van der Waals surface area contributed by atoms with Crippen LogP contribution in [0.15, 0.2) is 46.9 Å². The van der Waals surface area contributed by atoms with Crippen molar-refractivity contribution in [3.05, 3.63) is 42.4 Å². The molecule has 1 aromatic heterocycles. The maximum Gasteiger partial charge on any atom is 0.417 e. The van der Waals surface area contributed by atoms with Crippen LogP contribution in [0.5, 0.6) is 0 Å². The summed E-state index contributed by atoms with van der Waals surface area (Å²) in [5.74, 6) is 0.259. The Morgan fingerprint density at radius 1 is 1.19 bits per heavy atom. The average Bonchev–Trinajstić information content (AvgIpc) is 2.60. The highest BCUT2D eigenvalue weighted by Gasteiger charge is 2.31. The van der Waals surface area contributed by atoms with Gasteiger partial charge in [-0.2, -0.15) is 13.2 Å². The molecule has 0 bridgehead atoms. The molecule has 1 N–H and O–H groups in total. The van der Waals surface area contributed by atoms with Gasteiger partial charge in [-0.05, 0) is 32.1 Å². The molecule has 26 heavy (non-hydrogen) atoms. The van der Waals surface area contributed by atoms with Crippen molar-refractivity contribution in [1.82, 2.24) is 4.98 Å². The lowest BCUT2D eigenvalue weighted by Gasteiger charge is -2.09. The lowest BCUT2D eigenvalue weighted by atomic mass is 10.2. The fourth-order valence-corrected chi connectivity index (χ4v) is 1.45. The summed E-state index contributed by atoms with van der Waals surface area (Å²) in [6.45, 7) is 7.79. The quantitative estimate of drug-likeness (QED) is 0.517. The standard InChI is InChI=1S/C16H19F3N4O.C2H6/c1-12(2)24-9-8-21-6-4-5-7-22-14-10-13(16(17,18)19)11-23-15(14)20-3;1-2/h4-12H,1-3H3,(H,20,23);1-2H3/b5-4+,9-8+,21-6+,22-7?;. The van der Waals surface area contributed by atoms with E-state index in [9.17, 15) is 13.2 Å². The summed E-state index contributed by atoms with van der Waals surface area (Å²) < 4.78 is 43.2. The van der Waals surface area contributed by atoms with Gasteiger partial charge in [-0.15, -0.1) is 0 Å². The van der Waals surface area contributed by atoms with Gasteiger partial charge in [-0.25, -0.2) is 4.98 Å². The molecule has 1 rings (SSSR count). The number of rotatable bonds is 7. The van der Waals surface area contributed by atoms with Gasteiger partial charge in [0.15, 0.2) is 5.82 Å². The van der Waals surface area contributed by atoms with Crippen LogP contribution in [0.1, 0.15) is 33.3 Å². The molecule has 8 heteroatoms. The summed E-state index contributed by atoms with van der Waals surface area (Å²) in [7, 11) is 1.56. The van der Waals surface area contributed by atoms with E-state index in [1.807, 2.05) is 27.7 Å². The number of nitrogens with one attached hydrogen (secondary N) is 1. The highest BCUT2D eigenvalue weighted by atomic mass is 19.4. The van der Waals surface area contributed by atoms with E-state index >= 15 is 0 Å². The van der Waals surface area contributed by atoms with E-state index in [0.717, 1.165) is 12.3 Å². The van der Waals surface area contributed by atoms with Gasteiger partial charge in [0.1, 0.15) is 11.9 Å². The van der Waals surface area contributed by atoms with E-state index in [0.29, 0.717) is 0 Å². The van der Waals surface area contributed by atoms with Crippen molar-refractivity contribution < 1.29 is 17.9 Å². The highest BCUT2D eigenvalue weighted by Crippen LogP contribution is 2.33. The topological polar surface area (TPSA) is 58.9 Å². The molecule has 1 heterocycles. The van der Waals surface area contributed by atoms with Crippen LogP contribution in [0.4, 0.5) is 24.7 Å². The first kappa shape index (κ1) is 23.4. The molecule has 0 atom stereocenters. The van der Waals surface area contributed by atoms with Crippen LogP contribution < -0.4 is 5.32 Å². The van der Waals surface area contributed by atoms with Crippen molar-refractivity contribution in [1.29, 1.82) is 0 Å². The number of halogens is 3. The maximum absolute atomic E-state index is 12.7. The Bertz CT molecular complexity index is 636. The van der Waals surface area contributed by atoms with Crippen molar-refractivity contribution in [2.45, 2.75) is 40.0 Å². The first-order valence-electron chi connectivity index (χ1n) is 8.12. The molecule has 144 valence electrons. The molecule has 0 aliphatic heterocycles. The van der Waals surface area contributed by atoms with E-state index in [4.69, 9.17) is 4.74 Å². The number of anilines is 1.